The molecule has 0 saturated heterocycles. The molecule has 0 radical (unpaired) electrons. The van der Waals surface area contributed by atoms with Gasteiger partial charge in [0.1, 0.15) is 17.2 Å². The standard InChI is InChI=1S/C24H22FN5O/c1-4-20(31)29-13-19-22(18-9-10-26-24-21(18)14(2)11-27-24)23(28-30(19)12-15(29)3)16-5-7-17(25)8-6-16/h4-11,15H,1,12-13H2,2-3H3,(H,26,27)/t15-/m0/s1. The highest BCUT2D eigenvalue weighted by Gasteiger charge is 2.32. The summed E-state index contributed by atoms with van der Waals surface area (Å²) in [6.45, 7) is 8.68. The summed E-state index contributed by atoms with van der Waals surface area (Å²) in [6.07, 6.45) is 5.05. The van der Waals surface area contributed by atoms with Gasteiger partial charge in [-0.15, -0.1) is 0 Å². The lowest BCUT2D eigenvalue weighted by Crippen LogP contribution is -2.44. The Morgan fingerprint density at radius 2 is 2.06 bits per heavy atom. The summed E-state index contributed by atoms with van der Waals surface area (Å²) in [5.41, 5.74) is 6.34. The first-order chi connectivity index (χ1) is 15.0. The number of benzene rings is 1. The molecule has 0 bridgehead atoms. The van der Waals surface area contributed by atoms with Crippen LogP contribution in [-0.4, -0.2) is 36.6 Å². The predicted octanol–water partition coefficient (Wildman–Crippen LogP) is 4.46. The molecule has 0 spiro atoms. The van der Waals surface area contributed by atoms with Crippen LogP contribution in [0.1, 0.15) is 18.2 Å². The number of H-pyrrole nitrogens is 1. The molecule has 1 aliphatic rings. The lowest BCUT2D eigenvalue weighted by molar-refractivity contribution is -0.129. The molecule has 1 aromatic carbocycles. The number of carbonyl (C=O) groups is 1. The van der Waals surface area contributed by atoms with E-state index in [1.165, 1.54) is 18.2 Å². The molecule has 7 heteroatoms. The first kappa shape index (κ1) is 19.2. The smallest absolute Gasteiger partial charge is 0.246 e. The van der Waals surface area contributed by atoms with Gasteiger partial charge >= 0.3 is 0 Å². The topological polar surface area (TPSA) is 66.8 Å². The van der Waals surface area contributed by atoms with Gasteiger partial charge in [-0.2, -0.15) is 5.10 Å². The minimum absolute atomic E-state index is 0.0155. The fourth-order valence-electron chi connectivity index (χ4n) is 4.41. The quantitative estimate of drug-likeness (QED) is 0.503. The fourth-order valence-corrected chi connectivity index (χ4v) is 4.41. The van der Waals surface area contributed by atoms with E-state index in [-0.39, 0.29) is 17.8 Å². The van der Waals surface area contributed by atoms with Crippen molar-refractivity contribution in [2.75, 3.05) is 0 Å². The van der Waals surface area contributed by atoms with Crippen LogP contribution in [0.15, 0.2) is 55.4 Å². The average molecular weight is 415 g/mol. The molecule has 3 aromatic heterocycles. The Morgan fingerprint density at radius 1 is 1.29 bits per heavy atom. The maximum Gasteiger partial charge on any atom is 0.246 e. The Balaban J connectivity index is 1.79. The number of aromatic amines is 1. The van der Waals surface area contributed by atoms with E-state index in [4.69, 9.17) is 5.10 Å². The molecule has 5 rings (SSSR count). The minimum atomic E-state index is -0.293. The van der Waals surface area contributed by atoms with Crippen molar-refractivity contribution in [1.29, 1.82) is 0 Å². The van der Waals surface area contributed by atoms with Gasteiger partial charge in [0, 0.05) is 34.9 Å². The predicted molar refractivity (Wildman–Crippen MR) is 118 cm³/mol. The van der Waals surface area contributed by atoms with Crippen molar-refractivity contribution in [3.8, 4) is 22.4 Å². The van der Waals surface area contributed by atoms with Crippen molar-refractivity contribution in [2.24, 2.45) is 0 Å². The summed E-state index contributed by atoms with van der Waals surface area (Å²) in [5, 5.41) is 5.93. The minimum Gasteiger partial charge on any atom is -0.346 e. The van der Waals surface area contributed by atoms with Gasteiger partial charge in [-0.3, -0.25) is 9.48 Å². The van der Waals surface area contributed by atoms with Gasteiger partial charge in [0.2, 0.25) is 5.91 Å². The van der Waals surface area contributed by atoms with E-state index in [1.54, 1.807) is 18.3 Å². The molecule has 4 aromatic rings. The Morgan fingerprint density at radius 3 is 2.81 bits per heavy atom. The number of pyridine rings is 1. The fraction of sp³-hybridized carbons (Fsp3) is 0.208. The molecule has 1 N–H and O–H groups in total. The van der Waals surface area contributed by atoms with Crippen molar-refractivity contribution in [2.45, 2.75) is 33.0 Å². The van der Waals surface area contributed by atoms with Gasteiger partial charge in [-0.25, -0.2) is 9.37 Å². The Bertz CT molecular complexity index is 1320. The van der Waals surface area contributed by atoms with Gasteiger partial charge < -0.3 is 9.88 Å². The summed E-state index contributed by atoms with van der Waals surface area (Å²) in [7, 11) is 0. The van der Waals surface area contributed by atoms with Crippen LogP contribution in [0.3, 0.4) is 0 Å². The number of carbonyl (C=O) groups excluding carboxylic acids is 1. The lowest BCUT2D eigenvalue weighted by Gasteiger charge is -2.33. The highest BCUT2D eigenvalue weighted by atomic mass is 19.1. The second-order valence-corrected chi connectivity index (χ2v) is 7.93. The largest absolute Gasteiger partial charge is 0.346 e. The molecule has 0 fully saturated rings. The molecule has 4 heterocycles. The second-order valence-electron chi connectivity index (χ2n) is 7.93. The summed E-state index contributed by atoms with van der Waals surface area (Å²) in [5.74, 6) is -0.398. The molecule has 1 amide bonds. The number of nitrogens with zero attached hydrogens (tertiary/aromatic N) is 4. The molecule has 1 atom stereocenters. The van der Waals surface area contributed by atoms with E-state index >= 15 is 0 Å². The van der Waals surface area contributed by atoms with E-state index in [0.717, 1.165) is 44.7 Å². The third kappa shape index (κ3) is 3.04. The lowest BCUT2D eigenvalue weighted by atomic mass is 9.95. The summed E-state index contributed by atoms with van der Waals surface area (Å²) < 4.78 is 15.6. The van der Waals surface area contributed by atoms with Gasteiger partial charge in [-0.1, -0.05) is 6.58 Å². The zero-order valence-electron chi connectivity index (χ0n) is 17.4. The molecular weight excluding hydrogens is 393 g/mol. The molecule has 0 aliphatic carbocycles. The average Bonchev–Trinajstić information content (AvgIpc) is 3.33. The van der Waals surface area contributed by atoms with Crippen LogP contribution in [0.4, 0.5) is 4.39 Å². The summed E-state index contributed by atoms with van der Waals surface area (Å²) >= 11 is 0. The molecule has 31 heavy (non-hydrogen) atoms. The number of rotatable bonds is 3. The van der Waals surface area contributed by atoms with Crippen molar-refractivity contribution in [1.82, 2.24) is 24.6 Å². The maximum absolute atomic E-state index is 13.6. The number of hydrogen-bond donors (Lipinski definition) is 1. The Hall–Kier alpha value is -3.74. The van der Waals surface area contributed by atoms with Gasteiger partial charge in [0.15, 0.2) is 0 Å². The molecule has 0 unspecified atom stereocenters. The van der Waals surface area contributed by atoms with Gasteiger partial charge in [0.25, 0.3) is 0 Å². The number of aromatic nitrogens is 4. The Labute approximate surface area is 179 Å². The first-order valence-corrected chi connectivity index (χ1v) is 10.2. The number of fused-ring (bicyclic) bond motifs is 2. The maximum atomic E-state index is 13.6. The second kappa shape index (κ2) is 7.19. The Kier molecular flexibility index (Phi) is 4.46. The van der Waals surface area contributed by atoms with Crippen LogP contribution in [0.25, 0.3) is 33.4 Å². The van der Waals surface area contributed by atoms with E-state index in [2.05, 4.69) is 16.5 Å². The third-order valence-electron chi connectivity index (χ3n) is 5.96. The van der Waals surface area contributed by atoms with E-state index < -0.39 is 0 Å². The van der Waals surface area contributed by atoms with Gasteiger partial charge in [0.05, 0.1) is 18.8 Å². The summed E-state index contributed by atoms with van der Waals surface area (Å²) in [4.78, 5) is 22.0. The van der Waals surface area contributed by atoms with Crippen molar-refractivity contribution < 1.29 is 9.18 Å². The van der Waals surface area contributed by atoms with Crippen LogP contribution >= 0.6 is 0 Å². The number of aryl methyl sites for hydroxylation is 1. The number of hydrogen-bond acceptors (Lipinski definition) is 3. The molecule has 1 aliphatic heterocycles. The van der Waals surface area contributed by atoms with Crippen molar-refractivity contribution in [3.63, 3.8) is 0 Å². The van der Waals surface area contributed by atoms with Crippen molar-refractivity contribution in [3.05, 3.63) is 72.5 Å². The normalized spacial score (nSPS) is 15.8. The monoisotopic (exact) mass is 415 g/mol. The zero-order chi connectivity index (χ0) is 21.7. The third-order valence-corrected chi connectivity index (χ3v) is 5.96. The summed E-state index contributed by atoms with van der Waals surface area (Å²) in [6, 6.07) is 8.33. The number of amides is 1. The van der Waals surface area contributed by atoms with Crippen LogP contribution in [0.2, 0.25) is 0 Å². The van der Waals surface area contributed by atoms with Crippen molar-refractivity contribution >= 4 is 16.9 Å². The van der Waals surface area contributed by atoms with Crippen LogP contribution in [0.5, 0.6) is 0 Å². The molecule has 0 saturated carbocycles. The first-order valence-electron chi connectivity index (χ1n) is 10.2. The number of halogens is 1. The number of nitrogens with one attached hydrogen (secondary N) is 1. The highest BCUT2D eigenvalue weighted by Crippen LogP contribution is 2.40. The molecule has 6 nitrogen and oxygen atoms in total. The highest BCUT2D eigenvalue weighted by molar-refractivity contribution is 6.00. The zero-order valence-corrected chi connectivity index (χ0v) is 17.4. The molecular formula is C24H22FN5O. The van der Waals surface area contributed by atoms with Crippen LogP contribution in [-0.2, 0) is 17.9 Å². The van der Waals surface area contributed by atoms with Gasteiger partial charge in [-0.05, 0) is 61.4 Å². The van der Waals surface area contributed by atoms with Crippen LogP contribution in [0, 0.1) is 12.7 Å². The SMILES string of the molecule is C=CC(=O)N1Cc2c(-c3ccnc4[nH]cc(C)c34)c(-c3ccc(F)cc3)nn2C[C@@H]1C. The van der Waals surface area contributed by atoms with Crippen LogP contribution < -0.4 is 0 Å². The molecule has 156 valence electrons. The van der Waals surface area contributed by atoms with E-state index in [1.807, 2.05) is 35.7 Å². The van der Waals surface area contributed by atoms with E-state index in [0.29, 0.717) is 13.1 Å². The van der Waals surface area contributed by atoms with E-state index in [9.17, 15) is 9.18 Å².